The van der Waals surface area contributed by atoms with Crippen LogP contribution in [0.15, 0.2) is 145 Å². The molecule has 7 aromatic carbocycles. The van der Waals surface area contributed by atoms with E-state index in [4.69, 9.17) is 9.47 Å². The van der Waals surface area contributed by atoms with Crippen LogP contribution in [-0.4, -0.2) is 0 Å². The minimum absolute atomic E-state index is 0.291. The molecule has 0 amide bonds. The Kier molecular flexibility index (Phi) is 5.33. The highest BCUT2D eigenvalue weighted by atomic mass is 16.5. The number of fused-ring (bicyclic) bond motifs is 4. The normalized spacial score (nSPS) is 19.7. The average molecular weight is 641 g/mol. The first kappa shape index (κ1) is 27.0. The maximum absolute atomic E-state index is 6.57. The Labute approximate surface area is 290 Å². The third kappa shape index (κ3) is 3.53. The summed E-state index contributed by atoms with van der Waals surface area (Å²) >= 11 is 0. The largest absolute Gasteiger partial charge is 0.461 e. The summed E-state index contributed by atoms with van der Waals surface area (Å²) in [6.45, 7) is 0. The lowest BCUT2D eigenvalue weighted by atomic mass is 9.67. The molecule has 0 spiro atoms. The molecule has 0 radical (unpaired) electrons. The van der Waals surface area contributed by atoms with Crippen LogP contribution in [-0.2, 0) is 6.42 Å². The van der Waals surface area contributed by atoms with Crippen LogP contribution in [0.25, 0.3) is 54.6 Å². The third-order valence-corrected chi connectivity index (χ3v) is 12.1. The van der Waals surface area contributed by atoms with E-state index in [0.29, 0.717) is 11.8 Å². The number of para-hydroxylation sites is 2. The molecular weight excluding hydrogens is 609 g/mol. The molecular formula is C48H32O2. The molecule has 50 heavy (non-hydrogen) atoms. The van der Waals surface area contributed by atoms with Gasteiger partial charge in [-0.15, -0.1) is 0 Å². The fraction of sp³-hybridized carbons (Fsp3) is 0.125. The maximum atomic E-state index is 6.57. The zero-order valence-electron chi connectivity index (χ0n) is 27.5. The Morgan fingerprint density at radius 2 is 1.28 bits per heavy atom. The maximum Gasteiger partial charge on any atom is 0.135 e. The Bertz CT molecular complexity index is 2770. The summed E-state index contributed by atoms with van der Waals surface area (Å²) in [6.07, 6.45) is 13.5. The monoisotopic (exact) mass is 640 g/mol. The molecule has 0 bridgehead atoms. The van der Waals surface area contributed by atoms with Gasteiger partial charge in [0.05, 0.1) is 0 Å². The van der Waals surface area contributed by atoms with Crippen LogP contribution in [0.5, 0.6) is 17.2 Å². The van der Waals surface area contributed by atoms with Gasteiger partial charge in [-0.25, -0.2) is 0 Å². The molecule has 0 saturated heterocycles. The van der Waals surface area contributed by atoms with Gasteiger partial charge in [-0.05, 0) is 109 Å². The van der Waals surface area contributed by atoms with Crippen molar-refractivity contribution in [2.24, 2.45) is 5.92 Å². The van der Waals surface area contributed by atoms with Gasteiger partial charge in [-0.3, -0.25) is 0 Å². The Hall–Kier alpha value is -5.86. The van der Waals surface area contributed by atoms with Crippen molar-refractivity contribution in [3.05, 3.63) is 173 Å². The molecule has 7 aromatic rings. The number of benzene rings is 7. The molecule has 2 nitrogen and oxygen atoms in total. The second-order valence-electron chi connectivity index (χ2n) is 14.5. The predicted octanol–water partition coefficient (Wildman–Crippen LogP) is 12.5. The quantitative estimate of drug-likeness (QED) is 0.175. The van der Waals surface area contributed by atoms with Crippen LogP contribution in [0.1, 0.15) is 53.0 Å². The van der Waals surface area contributed by atoms with E-state index < -0.39 is 0 Å². The highest BCUT2D eigenvalue weighted by molar-refractivity contribution is 6.26. The third-order valence-electron chi connectivity index (χ3n) is 12.1. The van der Waals surface area contributed by atoms with Gasteiger partial charge in [0, 0.05) is 34.6 Å². The first-order valence-electron chi connectivity index (χ1n) is 18.0. The van der Waals surface area contributed by atoms with E-state index in [2.05, 4.69) is 133 Å². The van der Waals surface area contributed by atoms with Crippen molar-refractivity contribution in [2.45, 2.75) is 31.6 Å². The van der Waals surface area contributed by atoms with Crippen LogP contribution < -0.4 is 9.47 Å². The first-order valence-corrected chi connectivity index (χ1v) is 18.0. The summed E-state index contributed by atoms with van der Waals surface area (Å²) < 4.78 is 13.1. The molecule has 2 heteroatoms. The molecule has 2 aliphatic heterocycles. The molecule has 3 aliphatic carbocycles. The standard InChI is InChI=1S/C48H32O2/c1-3-13-41-33(7-1)37-11-5-9-35-31(23-25-43(49-41)47(35)37)29-19-15-27-18-22-40-30(20-16-28-17-21-39(29)45(27)46(28)40)32-24-26-44-48-36(32)10-6-12-38(48)34-8-2-4-14-42(34)50-44/h1-5,7-9,11-22,24,26,31,35H,6,10,23,25H2. The topological polar surface area (TPSA) is 18.5 Å². The lowest BCUT2D eigenvalue weighted by Crippen LogP contribution is -2.26. The van der Waals surface area contributed by atoms with E-state index in [1.165, 1.54) is 88.0 Å². The zero-order chi connectivity index (χ0) is 32.5. The predicted molar refractivity (Wildman–Crippen MR) is 204 cm³/mol. The van der Waals surface area contributed by atoms with Gasteiger partial charge in [0.25, 0.3) is 0 Å². The van der Waals surface area contributed by atoms with E-state index in [9.17, 15) is 0 Å². The van der Waals surface area contributed by atoms with Gasteiger partial charge < -0.3 is 9.47 Å². The molecule has 236 valence electrons. The van der Waals surface area contributed by atoms with Crippen molar-refractivity contribution in [1.82, 2.24) is 0 Å². The summed E-state index contributed by atoms with van der Waals surface area (Å²) in [5, 5.41) is 8.10. The first-order chi connectivity index (χ1) is 24.8. The summed E-state index contributed by atoms with van der Waals surface area (Å²) in [5.41, 5.74) is 13.2. The fourth-order valence-corrected chi connectivity index (χ4v) is 10.0. The lowest BCUT2D eigenvalue weighted by molar-refractivity contribution is 0.342. The SMILES string of the molecule is C1=CC2C3=C(CCC2c2ccc4ccc5c(-c6ccc7c8c6CCC=C8c6ccccc6O7)ccc6ccc2c4c65)Oc2ccccc2C3=C1. The van der Waals surface area contributed by atoms with Gasteiger partial charge in [0.15, 0.2) is 0 Å². The zero-order valence-corrected chi connectivity index (χ0v) is 27.5. The van der Waals surface area contributed by atoms with Gasteiger partial charge in [-0.1, -0.05) is 115 Å². The van der Waals surface area contributed by atoms with Crippen molar-refractivity contribution >= 4 is 43.5 Å². The Morgan fingerprint density at radius 1 is 0.560 bits per heavy atom. The van der Waals surface area contributed by atoms with Gasteiger partial charge in [-0.2, -0.15) is 0 Å². The van der Waals surface area contributed by atoms with Crippen molar-refractivity contribution < 1.29 is 9.47 Å². The molecule has 5 aliphatic rings. The van der Waals surface area contributed by atoms with E-state index in [1.54, 1.807) is 0 Å². The van der Waals surface area contributed by atoms with Crippen molar-refractivity contribution in [3.8, 4) is 28.4 Å². The number of hydrogen-bond donors (Lipinski definition) is 0. The molecule has 0 saturated carbocycles. The Morgan fingerprint density at radius 3 is 2.16 bits per heavy atom. The van der Waals surface area contributed by atoms with Gasteiger partial charge >= 0.3 is 0 Å². The summed E-state index contributed by atoms with van der Waals surface area (Å²) in [6, 6.07) is 40.4. The molecule has 2 atom stereocenters. The smallest absolute Gasteiger partial charge is 0.135 e. The summed E-state index contributed by atoms with van der Waals surface area (Å²) in [7, 11) is 0. The highest BCUT2D eigenvalue weighted by Gasteiger charge is 2.39. The van der Waals surface area contributed by atoms with E-state index in [0.717, 1.165) is 48.7 Å². The van der Waals surface area contributed by atoms with Crippen molar-refractivity contribution in [1.29, 1.82) is 0 Å². The number of allylic oxidation sites excluding steroid dienone is 7. The second-order valence-corrected chi connectivity index (χ2v) is 14.5. The van der Waals surface area contributed by atoms with Gasteiger partial charge in [0.1, 0.15) is 23.0 Å². The summed E-state index contributed by atoms with van der Waals surface area (Å²) in [5.74, 6) is 4.74. The number of ether oxygens (including phenoxy) is 2. The van der Waals surface area contributed by atoms with Gasteiger partial charge in [0.2, 0.25) is 0 Å². The molecule has 2 unspecified atom stereocenters. The second kappa shape index (κ2) is 9.86. The highest BCUT2D eigenvalue weighted by Crippen LogP contribution is 2.55. The molecule has 0 N–H and O–H groups in total. The lowest BCUT2D eigenvalue weighted by Gasteiger charge is -2.39. The molecule has 2 heterocycles. The van der Waals surface area contributed by atoms with E-state index in [1.807, 2.05) is 0 Å². The minimum Gasteiger partial charge on any atom is -0.461 e. The average Bonchev–Trinajstić information content (AvgIpc) is 3.17. The van der Waals surface area contributed by atoms with E-state index in [-0.39, 0.29) is 0 Å². The van der Waals surface area contributed by atoms with Crippen LogP contribution in [0.3, 0.4) is 0 Å². The van der Waals surface area contributed by atoms with Crippen LogP contribution >= 0.6 is 0 Å². The van der Waals surface area contributed by atoms with Crippen molar-refractivity contribution in [2.75, 3.05) is 0 Å². The van der Waals surface area contributed by atoms with Crippen molar-refractivity contribution in [3.63, 3.8) is 0 Å². The number of hydrogen-bond acceptors (Lipinski definition) is 2. The van der Waals surface area contributed by atoms with Crippen LogP contribution in [0.2, 0.25) is 0 Å². The van der Waals surface area contributed by atoms with Crippen LogP contribution in [0, 0.1) is 5.92 Å². The summed E-state index contributed by atoms with van der Waals surface area (Å²) in [4.78, 5) is 0. The fourth-order valence-electron chi connectivity index (χ4n) is 10.0. The minimum atomic E-state index is 0.291. The molecule has 0 fully saturated rings. The van der Waals surface area contributed by atoms with Crippen LogP contribution in [0.4, 0.5) is 0 Å². The Balaban J connectivity index is 1.03. The number of rotatable bonds is 2. The molecule has 0 aromatic heterocycles. The molecule has 12 rings (SSSR count). The van der Waals surface area contributed by atoms with E-state index >= 15 is 0 Å².